The Bertz CT molecular complexity index is 839. The van der Waals surface area contributed by atoms with Crippen molar-refractivity contribution < 1.29 is 8.42 Å². The predicted octanol–water partition coefficient (Wildman–Crippen LogP) is 3.63. The van der Waals surface area contributed by atoms with Gasteiger partial charge in [0.25, 0.3) is 10.0 Å². The molecule has 2 aromatic carbocycles. The number of nitrogens with one attached hydrogen (secondary N) is 1. The molecule has 0 fully saturated rings. The van der Waals surface area contributed by atoms with E-state index in [2.05, 4.69) is 4.72 Å². The van der Waals surface area contributed by atoms with E-state index in [0.717, 1.165) is 5.56 Å². The first-order chi connectivity index (χ1) is 9.83. The molecule has 0 saturated heterocycles. The van der Waals surface area contributed by atoms with E-state index in [1.54, 1.807) is 25.1 Å². The van der Waals surface area contributed by atoms with Gasteiger partial charge < -0.3 is 0 Å². The maximum atomic E-state index is 12.4. The van der Waals surface area contributed by atoms with Gasteiger partial charge in [-0.3, -0.25) is 4.72 Å². The van der Waals surface area contributed by atoms with Crippen LogP contribution >= 0.6 is 11.6 Å². The summed E-state index contributed by atoms with van der Waals surface area (Å²) in [6.07, 6.45) is 0. The Hall–Kier alpha value is -2.03. The number of benzene rings is 2. The van der Waals surface area contributed by atoms with Crippen LogP contribution in [0.5, 0.6) is 0 Å². The molecule has 0 aliphatic rings. The van der Waals surface area contributed by atoms with Crippen molar-refractivity contribution in [3.8, 4) is 6.07 Å². The lowest BCUT2D eigenvalue weighted by molar-refractivity contribution is 0.600. The van der Waals surface area contributed by atoms with Gasteiger partial charge in [0, 0.05) is 5.02 Å². The number of nitriles is 1. The number of aryl methyl sites for hydroxylation is 2. The Morgan fingerprint density at radius 3 is 2.48 bits per heavy atom. The van der Waals surface area contributed by atoms with E-state index >= 15 is 0 Å². The Morgan fingerprint density at radius 2 is 1.86 bits per heavy atom. The molecule has 0 radical (unpaired) electrons. The minimum Gasteiger partial charge on any atom is -0.278 e. The number of sulfonamides is 1. The predicted molar refractivity (Wildman–Crippen MR) is 82.9 cm³/mol. The smallest absolute Gasteiger partial charge is 0.262 e. The lowest BCUT2D eigenvalue weighted by Gasteiger charge is -2.12. The van der Waals surface area contributed by atoms with Crippen molar-refractivity contribution in [2.75, 3.05) is 4.72 Å². The SMILES string of the molecule is Cc1ccc(S(=O)(=O)Nc2cc(Cl)ccc2C#N)c(C)c1. The van der Waals surface area contributed by atoms with Crippen molar-refractivity contribution in [3.05, 3.63) is 58.1 Å². The van der Waals surface area contributed by atoms with E-state index in [0.29, 0.717) is 10.6 Å². The Morgan fingerprint density at radius 1 is 1.14 bits per heavy atom. The molecule has 0 unspecified atom stereocenters. The number of halogens is 1. The maximum absolute atomic E-state index is 12.4. The van der Waals surface area contributed by atoms with Gasteiger partial charge in [0.15, 0.2) is 0 Å². The summed E-state index contributed by atoms with van der Waals surface area (Å²) in [6.45, 7) is 3.62. The summed E-state index contributed by atoms with van der Waals surface area (Å²) >= 11 is 5.86. The highest BCUT2D eigenvalue weighted by Crippen LogP contribution is 2.25. The molecule has 0 saturated carbocycles. The first-order valence-corrected chi connectivity index (χ1v) is 7.99. The van der Waals surface area contributed by atoms with Gasteiger partial charge in [0.05, 0.1) is 16.1 Å². The van der Waals surface area contributed by atoms with Crippen LogP contribution in [-0.4, -0.2) is 8.42 Å². The summed E-state index contributed by atoms with van der Waals surface area (Å²) in [6, 6.07) is 11.4. The lowest BCUT2D eigenvalue weighted by Crippen LogP contribution is -2.15. The minimum absolute atomic E-state index is 0.171. The highest BCUT2D eigenvalue weighted by molar-refractivity contribution is 7.92. The van der Waals surface area contributed by atoms with Crippen LogP contribution in [0, 0.1) is 25.2 Å². The van der Waals surface area contributed by atoms with Crippen LogP contribution in [-0.2, 0) is 10.0 Å². The zero-order valence-corrected chi connectivity index (χ0v) is 13.1. The van der Waals surface area contributed by atoms with Crippen LogP contribution < -0.4 is 4.72 Å². The van der Waals surface area contributed by atoms with Gasteiger partial charge in [-0.15, -0.1) is 0 Å². The normalized spacial score (nSPS) is 11.0. The molecule has 0 aliphatic heterocycles. The zero-order chi connectivity index (χ0) is 15.6. The Kier molecular flexibility index (Phi) is 4.21. The molecule has 0 spiro atoms. The molecule has 0 amide bonds. The number of anilines is 1. The van der Waals surface area contributed by atoms with Crippen molar-refractivity contribution in [2.45, 2.75) is 18.7 Å². The summed E-state index contributed by atoms with van der Waals surface area (Å²) in [4.78, 5) is 0.178. The summed E-state index contributed by atoms with van der Waals surface area (Å²) in [5, 5.41) is 9.39. The average Bonchev–Trinajstić information content (AvgIpc) is 2.37. The first-order valence-electron chi connectivity index (χ1n) is 6.13. The molecule has 0 atom stereocenters. The number of nitrogens with zero attached hydrogens (tertiary/aromatic N) is 1. The van der Waals surface area contributed by atoms with E-state index < -0.39 is 10.0 Å². The molecule has 0 aliphatic carbocycles. The zero-order valence-electron chi connectivity index (χ0n) is 11.5. The lowest BCUT2D eigenvalue weighted by atomic mass is 10.2. The molecule has 0 bridgehead atoms. The minimum atomic E-state index is -3.77. The Balaban J connectivity index is 2.47. The molecule has 2 rings (SSSR count). The van der Waals surface area contributed by atoms with Crippen LogP contribution in [0.15, 0.2) is 41.3 Å². The fraction of sp³-hybridized carbons (Fsp3) is 0.133. The van der Waals surface area contributed by atoms with Crippen molar-refractivity contribution in [1.82, 2.24) is 0 Å². The van der Waals surface area contributed by atoms with E-state index in [1.165, 1.54) is 18.2 Å². The van der Waals surface area contributed by atoms with Crippen LogP contribution in [0.3, 0.4) is 0 Å². The molecular weight excluding hydrogens is 308 g/mol. The molecule has 0 heterocycles. The molecule has 4 nitrogen and oxygen atoms in total. The van der Waals surface area contributed by atoms with Gasteiger partial charge in [-0.05, 0) is 43.7 Å². The van der Waals surface area contributed by atoms with Gasteiger partial charge in [0.2, 0.25) is 0 Å². The standard InChI is InChI=1S/C15H13ClN2O2S/c1-10-3-6-15(11(2)7-10)21(19,20)18-14-8-13(16)5-4-12(14)9-17/h3-8,18H,1-2H3. The van der Waals surface area contributed by atoms with Crippen LogP contribution in [0.25, 0.3) is 0 Å². The molecule has 6 heteroatoms. The molecule has 1 N–H and O–H groups in total. The van der Waals surface area contributed by atoms with Crippen molar-refractivity contribution in [1.29, 1.82) is 5.26 Å². The second-order valence-corrected chi connectivity index (χ2v) is 6.76. The number of hydrogen-bond acceptors (Lipinski definition) is 3. The molecule has 21 heavy (non-hydrogen) atoms. The monoisotopic (exact) mass is 320 g/mol. The first kappa shape index (κ1) is 15.4. The van der Waals surface area contributed by atoms with E-state index in [-0.39, 0.29) is 16.1 Å². The fourth-order valence-corrected chi connectivity index (χ4v) is 3.47. The van der Waals surface area contributed by atoms with Crippen LogP contribution in [0.1, 0.15) is 16.7 Å². The van der Waals surface area contributed by atoms with Gasteiger partial charge >= 0.3 is 0 Å². The van der Waals surface area contributed by atoms with Gasteiger partial charge in [-0.2, -0.15) is 5.26 Å². The van der Waals surface area contributed by atoms with Gasteiger partial charge in [-0.1, -0.05) is 29.3 Å². The van der Waals surface area contributed by atoms with Crippen molar-refractivity contribution in [2.24, 2.45) is 0 Å². The van der Waals surface area contributed by atoms with Crippen LogP contribution in [0.4, 0.5) is 5.69 Å². The van der Waals surface area contributed by atoms with Gasteiger partial charge in [0.1, 0.15) is 6.07 Å². The summed E-state index contributed by atoms with van der Waals surface area (Å²) in [5.41, 5.74) is 2.01. The summed E-state index contributed by atoms with van der Waals surface area (Å²) in [5.74, 6) is 0. The number of hydrogen-bond donors (Lipinski definition) is 1. The maximum Gasteiger partial charge on any atom is 0.262 e. The molecular formula is C15H13ClN2O2S. The Labute approximate surface area is 129 Å². The average molecular weight is 321 g/mol. The summed E-state index contributed by atoms with van der Waals surface area (Å²) in [7, 11) is -3.77. The van der Waals surface area contributed by atoms with Crippen molar-refractivity contribution in [3.63, 3.8) is 0 Å². The largest absolute Gasteiger partial charge is 0.278 e. The van der Waals surface area contributed by atoms with E-state index in [9.17, 15) is 8.42 Å². The third-order valence-corrected chi connectivity index (χ3v) is 4.73. The highest BCUT2D eigenvalue weighted by atomic mass is 35.5. The van der Waals surface area contributed by atoms with E-state index in [4.69, 9.17) is 16.9 Å². The molecule has 2 aromatic rings. The molecule has 0 aromatic heterocycles. The quantitative estimate of drug-likeness (QED) is 0.938. The second kappa shape index (κ2) is 5.76. The fourth-order valence-electron chi connectivity index (χ4n) is 2.00. The van der Waals surface area contributed by atoms with Crippen LogP contribution in [0.2, 0.25) is 5.02 Å². The van der Waals surface area contributed by atoms with Gasteiger partial charge in [-0.25, -0.2) is 8.42 Å². The third-order valence-electron chi connectivity index (χ3n) is 2.97. The molecule has 108 valence electrons. The highest BCUT2D eigenvalue weighted by Gasteiger charge is 2.18. The second-order valence-electron chi connectivity index (χ2n) is 4.68. The number of rotatable bonds is 3. The van der Waals surface area contributed by atoms with Crippen molar-refractivity contribution >= 4 is 27.3 Å². The van der Waals surface area contributed by atoms with E-state index in [1.807, 2.05) is 13.0 Å². The summed E-state index contributed by atoms with van der Waals surface area (Å²) < 4.78 is 27.3. The third kappa shape index (κ3) is 3.35. The topological polar surface area (TPSA) is 70.0 Å².